The first-order valence-corrected chi connectivity index (χ1v) is 15.9. The van der Waals surface area contributed by atoms with E-state index in [-0.39, 0.29) is 45.8 Å². The number of hydrogen-bond donors (Lipinski definition) is 5. The lowest BCUT2D eigenvalue weighted by Gasteiger charge is -2.35. The molecule has 1 aliphatic heterocycles. The van der Waals surface area contributed by atoms with E-state index >= 15 is 4.39 Å². The minimum absolute atomic E-state index is 0.0190. The van der Waals surface area contributed by atoms with E-state index in [2.05, 4.69) is 5.32 Å². The second-order valence-corrected chi connectivity index (χ2v) is 13.4. The van der Waals surface area contributed by atoms with Crippen molar-refractivity contribution >= 4 is 38.5 Å². The Labute approximate surface area is 235 Å². The Balaban J connectivity index is 1.53. The Bertz CT molecular complexity index is 1590. The van der Waals surface area contributed by atoms with Crippen molar-refractivity contribution in [1.29, 1.82) is 0 Å². The lowest BCUT2D eigenvalue weighted by Crippen LogP contribution is -2.49. The number of benzene rings is 2. The summed E-state index contributed by atoms with van der Waals surface area (Å²) in [5.41, 5.74) is -0.449. The number of piperazine rings is 1. The van der Waals surface area contributed by atoms with Crippen molar-refractivity contribution in [3.8, 4) is 11.5 Å². The molecule has 2 aromatic carbocycles. The smallest absolute Gasteiger partial charge is 0.349 e. The molecule has 1 aromatic heterocycles. The predicted molar refractivity (Wildman–Crippen MR) is 150 cm³/mol. The highest BCUT2D eigenvalue weighted by Crippen LogP contribution is 2.65. The number of ether oxygens (including phenoxy) is 2. The van der Waals surface area contributed by atoms with Gasteiger partial charge < -0.3 is 43.8 Å². The zero-order chi connectivity index (χ0) is 29.6. The van der Waals surface area contributed by atoms with Gasteiger partial charge in [-0.1, -0.05) is 12.1 Å². The topological polar surface area (TPSA) is 171 Å². The van der Waals surface area contributed by atoms with Crippen LogP contribution in [0.25, 0.3) is 10.9 Å². The molecule has 2 aliphatic rings. The maximum Gasteiger partial charge on any atom is 0.349 e. The molecule has 3 aromatic rings. The van der Waals surface area contributed by atoms with Crippen LogP contribution in [-0.2, 0) is 4.57 Å². The molecule has 1 aliphatic carbocycles. The van der Waals surface area contributed by atoms with E-state index in [1.54, 1.807) is 4.57 Å². The van der Waals surface area contributed by atoms with Crippen molar-refractivity contribution in [3.05, 3.63) is 63.7 Å². The largest absolute Gasteiger partial charge is 0.492 e. The van der Waals surface area contributed by atoms with Gasteiger partial charge in [-0.2, -0.15) is 0 Å². The summed E-state index contributed by atoms with van der Waals surface area (Å²) in [4.78, 5) is 66.5. The first kappa shape index (κ1) is 29.6. The van der Waals surface area contributed by atoms with Crippen molar-refractivity contribution in [3.63, 3.8) is 0 Å². The highest BCUT2D eigenvalue weighted by atomic mass is 31.2. The van der Waals surface area contributed by atoms with Crippen molar-refractivity contribution in [2.75, 3.05) is 31.6 Å². The lowest BCUT2D eigenvalue weighted by atomic mass is 10.1. The fourth-order valence-electron chi connectivity index (χ4n) is 5.18. The first-order valence-electron chi connectivity index (χ1n) is 12.9. The minimum atomic E-state index is -4.88. The average Bonchev–Trinajstić information content (AvgIpc) is 3.74. The quantitative estimate of drug-likeness (QED) is 0.145. The van der Waals surface area contributed by atoms with Gasteiger partial charge in [0.15, 0.2) is 25.3 Å². The van der Waals surface area contributed by atoms with Crippen molar-refractivity contribution in [1.82, 2.24) is 9.88 Å². The molecular weight excluding hydrogens is 579 g/mol. The molecule has 15 heteroatoms. The van der Waals surface area contributed by atoms with Crippen molar-refractivity contribution in [2.45, 2.75) is 37.2 Å². The third-order valence-electron chi connectivity index (χ3n) is 7.17. The molecule has 2 unspecified atom stereocenters. The van der Waals surface area contributed by atoms with Crippen LogP contribution in [0, 0.1) is 5.82 Å². The fraction of sp³-hybridized carbons (Fsp3) is 0.385. The lowest BCUT2D eigenvalue weighted by molar-refractivity contribution is 0.0732. The number of nitrogens with one attached hydrogen (secondary N) is 1. The number of pyridine rings is 1. The van der Waals surface area contributed by atoms with E-state index in [1.165, 1.54) is 37.6 Å². The Morgan fingerprint density at radius 3 is 2.46 bits per heavy atom. The Morgan fingerprint density at radius 1 is 1.22 bits per heavy atom. The van der Waals surface area contributed by atoms with E-state index in [4.69, 9.17) is 9.47 Å². The van der Waals surface area contributed by atoms with Gasteiger partial charge in [0.25, 0.3) is 0 Å². The van der Waals surface area contributed by atoms with Crippen LogP contribution in [0.4, 0.5) is 10.1 Å². The highest BCUT2D eigenvalue weighted by Gasteiger charge is 2.37. The van der Waals surface area contributed by atoms with Crippen LogP contribution in [-0.4, -0.2) is 62.9 Å². The number of nitrogens with zero attached hydrogens (tertiary/aromatic N) is 2. The highest BCUT2D eigenvalue weighted by molar-refractivity contribution is 7.67. The van der Waals surface area contributed by atoms with Gasteiger partial charge in [0.1, 0.15) is 17.0 Å². The summed E-state index contributed by atoms with van der Waals surface area (Å²) in [6, 6.07) is 6.06. The Kier molecular flexibility index (Phi) is 8.24. The van der Waals surface area contributed by atoms with Gasteiger partial charge in [0.2, 0.25) is 5.43 Å². The van der Waals surface area contributed by atoms with Gasteiger partial charge in [-0.25, -0.2) is 9.18 Å². The molecule has 41 heavy (non-hydrogen) atoms. The standard InChI is InChI=1S/C26H30FN3O9P2/c1-14-12-29(10-9-28-14)22-20(27)11-18-21(24(22)38-2)30(16-5-6-16)13-19(23(18)31)25(32)39-17-7-3-15(4-8-17)26(40(33)34)41(35,36)37/h3-4,7-8,11,13-14,16,26,28,33-34H,5-6,9-10,12H2,1-2H3,(H2,35,36,37). The van der Waals surface area contributed by atoms with Gasteiger partial charge in [0, 0.05) is 37.9 Å². The van der Waals surface area contributed by atoms with Crippen LogP contribution in [0.2, 0.25) is 0 Å². The molecule has 12 nitrogen and oxygen atoms in total. The monoisotopic (exact) mass is 609 g/mol. The SMILES string of the molecule is COc1c(N2CCNC(C)C2)c(F)cc2c(=O)c(C(=O)Oc3ccc(C(P(O)O)P(=O)(O)O)cc3)cn(C3CC3)c12. The van der Waals surface area contributed by atoms with Gasteiger partial charge in [-0.05, 0) is 43.5 Å². The third kappa shape index (κ3) is 5.89. The van der Waals surface area contributed by atoms with E-state index in [0.717, 1.165) is 18.9 Å². The van der Waals surface area contributed by atoms with Gasteiger partial charge in [-0.3, -0.25) is 9.36 Å². The summed E-state index contributed by atoms with van der Waals surface area (Å²) in [7, 11) is -6.45. The minimum Gasteiger partial charge on any atom is -0.492 e. The number of carbonyl (C=O) groups is 1. The number of methoxy groups -OCH3 is 1. The number of aromatic nitrogens is 1. The Morgan fingerprint density at radius 2 is 1.90 bits per heavy atom. The summed E-state index contributed by atoms with van der Waals surface area (Å²) >= 11 is 0. The number of esters is 1. The number of halogens is 1. The van der Waals surface area contributed by atoms with Gasteiger partial charge in [-0.15, -0.1) is 0 Å². The fourth-order valence-corrected chi connectivity index (χ4v) is 7.26. The van der Waals surface area contributed by atoms with E-state index in [1.807, 2.05) is 11.8 Å². The van der Waals surface area contributed by atoms with E-state index in [9.17, 15) is 33.7 Å². The van der Waals surface area contributed by atoms with Crippen LogP contribution in [0.1, 0.15) is 47.1 Å². The molecule has 220 valence electrons. The number of anilines is 1. The number of hydrogen-bond acceptors (Lipinski definition) is 9. The summed E-state index contributed by atoms with van der Waals surface area (Å²) in [5.74, 6) is -1.47. The summed E-state index contributed by atoms with van der Waals surface area (Å²) in [6.45, 7) is 3.75. The van der Waals surface area contributed by atoms with Crippen molar-refractivity contribution in [2.24, 2.45) is 0 Å². The summed E-state index contributed by atoms with van der Waals surface area (Å²) in [6.07, 6.45) is 3.00. The molecule has 1 saturated heterocycles. The molecular formula is C26H30FN3O9P2. The molecule has 0 amide bonds. The van der Waals surface area contributed by atoms with E-state index in [0.29, 0.717) is 25.2 Å². The van der Waals surface area contributed by atoms with Crippen LogP contribution < -0.4 is 25.1 Å². The van der Waals surface area contributed by atoms with Crippen LogP contribution in [0.15, 0.2) is 41.3 Å². The molecule has 1 saturated carbocycles. The van der Waals surface area contributed by atoms with Crippen LogP contribution >= 0.6 is 16.0 Å². The summed E-state index contributed by atoms with van der Waals surface area (Å²) in [5, 5.41) is 1.47. The average molecular weight is 609 g/mol. The maximum absolute atomic E-state index is 15.6. The van der Waals surface area contributed by atoms with Gasteiger partial charge in [0.05, 0.1) is 18.0 Å². The summed E-state index contributed by atoms with van der Waals surface area (Å²) < 4.78 is 40.2. The molecule has 2 heterocycles. The number of fused-ring (bicyclic) bond motifs is 1. The second-order valence-electron chi connectivity index (χ2n) is 10.2. The molecule has 2 atom stereocenters. The zero-order valence-corrected chi connectivity index (χ0v) is 24.0. The zero-order valence-electron chi connectivity index (χ0n) is 22.2. The van der Waals surface area contributed by atoms with Crippen LogP contribution in [0.5, 0.6) is 11.5 Å². The molecule has 0 spiro atoms. The van der Waals surface area contributed by atoms with Gasteiger partial charge >= 0.3 is 13.6 Å². The predicted octanol–water partition coefficient (Wildman–Crippen LogP) is 2.97. The van der Waals surface area contributed by atoms with E-state index < -0.39 is 38.6 Å². The molecule has 5 rings (SSSR count). The molecule has 5 N–H and O–H groups in total. The normalized spacial score (nSPS) is 18.5. The molecule has 0 bridgehead atoms. The maximum atomic E-state index is 15.6. The third-order valence-corrected chi connectivity index (χ3v) is 10.4. The Hall–Kier alpha value is -2.89. The van der Waals surface area contributed by atoms with Crippen LogP contribution in [0.3, 0.4) is 0 Å². The first-order chi connectivity index (χ1) is 19.4. The molecule has 2 fully saturated rings. The van der Waals surface area contributed by atoms with Crippen molar-refractivity contribution < 1.29 is 42.8 Å². The number of carbonyl (C=O) groups excluding carboxylic acids is 1. The number of rotatable bonds is 8. The molecule has 0 radical (unpaired) electrons. The second kappa shape index (κ2) is 11.4.